The molecule has 1 saturated heterocycles. The minimum atomic E-state index is -0.158. The smallest absolute Gasteiger partial charge is 0.253 e. The Kier molecular flexibility index (Phi) is 4.43. The highest BCUT2D eigenvalue weighted by molar-refractivity contribution is 6.33. The Morgan fingerprint density at radius 1 is 1.05 bits per heavy atom. The second kappa shape index (κ2) is 6.48. The van der Waals surface area contributed by atoms with Crippen molar-refractivity contribution < 1.29 is 4.79 Å². The number of rotatable bonds is 3. The molecule has 3 rings (SSSR count). The van der Waals surface area contributed by atoms with Gasteiger partial charge in [-0.2, -0.15) is 0 Å². The van der Waals surface area contributed by atoms with E-state index in [1.54, 1.807) is 12.1 Å². The Balaban J connectivity index is 1.80. The molecule has 5 heteroatoms. The molecule has 1 heterocycles. The topological polar surface area (TPSA) is 53.2 Å². The van der Waals surface area contributed by atoms with E-state index in [4.69, 9.17) is 11.6 Å². The molecule has 0 spiro atoms. The van der Waals surface area contributed by atoms with Crippen molar-refractivity contribution in [2.45, 2.75) is 25.0 Å². The van der Waals surface area contributed by atoms with Gasteiger partial charge in [-0.15, -0.1) is 0 Å². The van der Waals surface area contributed by atoms with E-state index in [9.17, 15) is 4.79 Å². The standard InChI is InChI=1S/C17H18ClN3O/c1-11-15(16(21-20-11)12-7-3-2-4-8-12)19-17(22)13-9-5-6-10-14(13)18/h2-11,15-16,20-21H,1H3,(H,19,22). The zero-order chi connectivity index (χ0) is 15.5. The van der Waals surface area contributed by atoms with Crippen LogP contribution in [-0.2, 0) is 0 Å². The van der Waals surface area contributed by atoms with E-state index < -0.39 is 0 Å². The van der Waals surface area contributed by atoms with Gasteiger partial charge in [-0.3, -0.25) is 10.2 Å². The van der Waals surface area contributed by atoms with Gasteiger partial charge in [0.15, 0.2) is 0 Å². The Hall–Kier alpha value is -1.88. The Morgan fingerprint density at radius 2 is 1.73 bits per heavy atom. The average Bonchev–Trinajstić information content (AvgIpc) is 2.89. The second-order valence-corrected chi connectivity index (χ2v) is 5.85. The third-order valence-electron chi connectivity index (χ3n) is 3.94. The second-order valence-electron chi connectivity index (χ2n) is 5.44. The van der Waals surface area contributed by atoms with Crippen LogP contribution in [0.2, 0.25) is 5.02 Å². The van der Waals surface area contributed by atoms with Crippen LogP contribution >= 0.6 is 11.6 Å². The molecule has 114 valence electrons. The predicted molar refractivity (Wildman–Crippen MR) is 87.6 cm³/mol. The summed E-state index contributed by atoms with van der Waals surface area (Å²) < 4.78 is 0. The van der Waals surface area contributed by atoms with Gasteiger partial charge >= 0.3 is 0 Å². The molecule has 1 fully saturated rings. The summed E-state index contributed by atoms with van der Waals surface area (Å²) in [6.07, 6.45) is 0. The van der Waals surface area contributed by atoms with Crippen LogP contribution in [0.1, 0.15) is 28.9 Å². The van der Waals surface area contributed by atoms with E-state index in [0.717, 1.165) is 5.56 Å². The monoisotopic (exact) mass is 315 g/mol. The number of halogens is 1. The van der Waals surface area contributed by atoms with E-state index >= 15 is 0 Å². The first kappa shape index (κ1) is 15.0. The van der Waals surface area contributed by atoms with Gasteiger partial charge in [-0.1, -0.05) is 54.1 Å². The van der Waals surface area contributed by atoms with Crippen molar-refractivity contribution in [3.8, 4) is 0 Å². The van der Waals surface area contributed by atoms with Crippen LogP contribution in [0.25, 0.3) is 0 Å². The molecule has 0 bridgehead atoms. The highest BCUT2D eigenvalue weighted by atomic mass is 35.5. The molecule has 3 atom stereocenters. The van der Waals surface area contributed by atoms with E-state index in [2.05, 4.69) is 16.2 Å². The first-order valence-corrected chi connectivity index (χ1v) is 7.66. The van der Waals surface area contributed by atoms with Crippen LogP contribution in [0.5, 0.6) is 0 Å². The van der Waals surface area contributed by atoms with Crippen LogP contribution in [0.4, 0.5) is 0 Å². The maximum Gasteiger partial charge on any atom is 0.253 e. The SMILES string of the molecule is CC1NNC(c2ccccc2)C1NC(=O)c1ccccc1Cl. The van der Waals surface area contributed by atoms with Crippen molar-refractivity contribution in [3.63, 3.8) is 0 Å². The lowest BCUT2D eigenvalue weighted by atomic mass is 9.97. The number of carbonyl (C=O) groups is 1. The van der Waals surface area contributed by atoms with E-state index in [1.807, 2.05) is 49.4 Å². The molecular weight excluding hydrogens is 298 g/mol. The van der Waals surface area contributed by atoms with Crippen molar-refractivity contribution in [1.82, 2.24) is 16.2 Å². The van der Waals surface area contributed by atoms with Gasteiger partial charge in [0.05, 0.1) is 22.7 Å². The van der Waals surface area contributed by atoms with Gasteiger partial charge in [0.2, 0.25) is 0 Å². The Bertz CT molecular complexity index is 662. The fourth-order valence-electron chi connectivity index (χ4n) is 2.72. The maximum atomic E-state index is 12.5. The number of carbonyl (C=O) groups excluding carboxylic acids is 1. The quantitative estimate of drug-likeness (QED) is 0.816. The van der Waals surface area contributed by atoms with E-state index in [0.29, 0.717) is 10.6 Å². The molecule has 4 nitrogen and oxygen atoms in total. The molecular formula is C17H18ClN3O. The minimum absolute atomic E-state index is 0.0163. The van der Waals surface area contributed by atoms with Gasteiger partial charge in [-0.05, 0) is 24.6 Å². The zero-order valence-corrected chi connectivity index (χ0v) is 13.0. The molecule has 0 aliphatic carbocycles. The van der Waals surface area contributed by atoms with Crippen molar-refractivity contribution in [2.75, 3.05) is 0 Å². The number of benzene rings is 2. The summed E-state index contributed by atoms with van der Waals surface area (Å²) in [6, 6.07) is 17.2. The van der Waals surface area contributed by atoms with Crippen LogP contribution in [0, 0.1) is 0 Å². The minimum Gasteiger partial charge on any atom is -0.346 e. The molecule has 1 amide bonds. The fraction of sp³-hybridized carbons (Fsp3) is 0.235. The highest BCUT2D eigenvalue weighted by Crippen LogP contribution is 2.23. The zero-order valence-electron chi connectivity index (χ0n) is 12.2. The molecule has 1 aliphatic rings. The van der Waals surface area contributed by atoms with E-state index in [1.165, 1.54) is 0 Å². The van der Waals surface area contributed by atoms with Gasteiger partial charge in [0, 0.05) is 6.04 Å². The number of hydrogen-bond acceptors (Lipinski definition) is 3. The molecule has 1 aliphatic heterocycles. The summed E-state index contributed by atoms with van der Waals surface area (Å²) >= 11 is 6.10. The summed E-state index contributed by atoms with van der Waals surface area (Å²) in [7, 11) is 0. The third kappa shape index (κ3) is 2.99. The number of hydrazine groups is 1. The maximum absolute atomic E-state index is 12.5. The predicted octanol–water partition coefficient (Wildman–Crippen LogP) is 2.68. The lowest BCUT2D eigenvalue weighted by Crippen LogP contribution is -2.44. The number of nitrogens with one attached hydrogen (secondary N) is 3. The summed E-state index contributed by atoms with van der Waals surface area (Å²) in [5.74, 6) is -0.158. The summed E-state index contributed by atoms with van der Waals surface area (Å²) in [5.41, 5.74) is 8.06. The number of hydrogen-bond donors (Lipinski definition) is 3. The van der Waals surface area contributed by atoms with Crippen molar-refractivity contribution in [3.05, 3.63) is 70.7 Å². The molecule has 3 N–H and O–H groups in total. The normalized spacial score (nSPS) is 24.2. The highest BCUT2D eigenvalue weighted by Gasteiger charge is 2.35. The number of amides is 1. The Morgan fingerprint density at radius 3 is 2.45 bits per heavy atom. The molecule has 2 aromatic rings. The summed E-state index contributed by atoms with van der Waals surface area (Å²) in [6.45, 7) is 2.04. The first-order chi connectivity index (χ1) is 10.7. The summed E-state index contributed by atoms with van der Waals surface area (Å²) in [4.78, 5) is 12.5. The molecule has 2 aromatic carbocycles. The lowest BCUT2D eigenvalue weighted by molar-refractivity contribution is 0.0930. The van der Waals surface area contributed by atoms with Gasteiger partial charge in [0.1, 0.15) is 0 Å². The van der Waals surface area contributed by atoms with Gasteiger partial charge < -0.3 is 5.32 Å². The van der Waals surface area contributed by atoms with Gasteiger partial charge in [-0.25, -0.2) is 5.43 Å². The molecule has 0 aromatic heterocycles. The first-order valence-electron chi connectivity index (χ1n) is 7.28. The van der Waals surface area contributed by atoms with Crippen molar-refractivity contribution in [2.24, 2.45) is 0 Å². The molecule has 0 saturated carbocycles. The largest absolute Gasteiger partial charge is 0.346 e. The molecule has 0 radical (unpaired) electrons. The van der Waals surface area contributed by atoms with Crippen molar-refractivity contribution in [1.29, 1.82) is 0 Å². The summed E-state index contributed by atoms with van der Waals surface area (Å²) in [5, 5.41) is 3.55. The van der Waals surface area contributed by atoms with Crippen LogP contribution < -0.4 is 16.2 Å². The lowest BCUT2D eigenvalue weighted by Gasteiger charge is -2.23. The Labute approximate surface area is 134 Å². The van der Waals surface area contributed by atoms with Crippen LogP contribution in [0.3, 0.4) is 0 Å². The van der Waals surface area contributed by atoms with Crippen molar-refractivity contribution >= 4 is 17.5 Å². The third-order valence-corrected chi connectivity index (χ3v) is 4.27. The average molecular weight is 316 g/mol. The molecule has 3 unspecified atom stereocenters. The van der Waals surface area contributed by atoms with Gasteiger partial charge in [0.25, 0.3) is 5.91 Å². The van der Waals surface area contributed by atoms with Crippen LogP contribution in [0.15, 0.2) is 54.6 Å². The van der Waals surface area contributed by atoms with Crippen LogP contribution in [-0.4, -0.2) is 18.0 Å². The molecule has 22 heavy (non-hydrogen) atoms. The fourth-order valence-corrected chi connectivity index (χ4v) is 2.94. The van der Waals surface area contributed by atoms with E-state index in [-0.39, 0.29) is 24.0 Å².